The zero-order valence-electron chi connectivity index (χ0n) is 15.3. The quantitative estimate of drug-likeness (QED) is 0.479. The Balaban J connectivity index is 1.69. The van der Waals surface area contributed by atoms with Gasteiger partial charge in [0.1, 0.15) is 17.2 Å². The molecule has 8 heteroatoms. The first-order valence-corrected chi connectivity index (χ1v) is 9.06. The average Bonchev–Trinajstić information content (AvgIpc) is 3.35. The van der Waals surface area contributed by atoms with E-state index in [1.807, 2.05) is 54.6 Å². The molecule has 0 saturated carbocycles. The van der Waals surface area contributed by atoms with Crippen molar-refractivity contribution in [3.05, 3.63) is 65.0 Å². The van der Waals surface area contributed by atoms with Gasteiger partial charge in [-0.25, -0.2) is 9.97 Å². The van der Waals surface area contributed by atoms with Gasteiger partial charge in [0.05, 0.1) is 18.0 Å². The minimum absolute atomic E-state index is 0.251. The zero-order valence-corrected chi connectivity index (χ0v) is 15.3. The molecular formula is C21H14N6O2. The molecule has 29 heavy (non-hydrogen) atoms. The molecule has 4 aromatic heterocycles. The van der Waals surface area contributed by atoms with Crippen molar-refractivity contribution >= 4 is 38.7 Å². The van der Waals surface area contributed by atoms with Gasteiger partial charge in [-0.1, -0.05) is 30.3 Å². The predicted octanol–water partition coefficient (Wildman–Crippen LogP) is 3.28. The van der Waals surface area contributed by atoms with Gasteiger partial charge in [0, 0.05) is 17.0 Å². The molecule has 2 aromatic carbocycles. The van der Waals surface area contributed by atoms with E-state index in [0.29, 0.717) is 28.3 Å². The van der Waals surface area contributed by atoms with E-state index in [4.69, 9.17) is 4.74 Å². The Morgan fingerprint density at radius 2 is 1.86 bits per heavy atom. The molecule has 0 spiro atoms. The number of H-pyrrole nitrogens is 2. The normalized spacial score (nSPS) is 11.8. The highest BCUT2D eigenvalue weighted by atomic mass is 16.5. The van der Waals surface area contributed by atoms with E-state index in [2.05, 4.69) is 25.0 Å². The lowest BCUT2D eigenvalue weighted by atomic mass is 10.2. The molecule has 0 bridgehead atoms. The van der Waals surface area contributed by atoms with Crippen molar-refractivity contribution in [3.8, 4) is 17.1 Å². The smallest absolute Gasteiger partial charge is 0.277 e. The number of nitrogens with zero attached hydrogens (tertiary/aromatic N) is 4. The number of aromatic amines is 2. The van der Waals surface area contributed by atoms with E-state index >= 15 is 0 Å². The number of pyridine rings is 1. The van der Waals surface area contributed by atoms with E-state index in [-0.39, 0.29) is 5.56 Å². The maximum absolute atomic E-state index is 12.7. The first kappa shape index (κ1) is 15.8. The molecule has 0 aliphatic heterocycles. The van der Waals surface area contributed by atoms with Gasteiger partial charge in [-0.3, -0.25) is 4.79 Å². The summed E-state index contributed by atoms with van der Waals surface area (Å²) >= 11 is 0. The van der Waals surface area contributed by atoms with Crippen LogP contribution in [0, 0.1) is 0 Å². The Labute approximate surface area is 162 Å². The Morgan fingerprint density at radius 3 is 2.69 bits per heavy atom. The van der Waals surface area contributed by atoms with Crippen LogP contribution in [-0.2, 0) is 0 Å². The summed E-state index contributed by atoms with van der Waals surface area (Å²) in [6, 6.07) is 17.3. The van der Waals surface area contributed by atoms with Crippen LogP contribution in [0.15, 0.2) is 59.4 Å². The number of hydrogen-bond donors (Lipinski definition) is 2. The van der Waals surface area contributed by atoms with Crippen LogP contribution >= 0.6 is 0 Å². The summed E-state index contributed by atoms with van der Waals surface area (Å²) in [5.74, 6) is 1.34. The van der Waals surface area contributed by atoms with Crippen LogP contribution in [0.4, 0.5) is 0 Å². The summed E-state index contributed by atoms with van der Waals surface area (Å²) in [4.78, 5) is 28.0. The summed E-state index contributed by atoms with van der Waals surface area (Å²) in [6.07, 6.45) is 0. The Hall–Kier alpha value is -4.20. The molecule has 4 heterocycles. The van der Waals surface area contributed by atoms with Gasteiger partial charge in [0.15, 0.2) is 16.8 Å². The maximum atomic E-state index is 12.7. The summed E-state index contributed by atoms with van der Waals surface area (Å²) in [5, 5.41) is 6.30. The fourth-order valence-electron chi connectivity index (χ4n) is 3.62. The van der Waals surface area contributed by atoms with Crippen LogP contribution in [0.1, 0.15) is 0 Å². The maximum Gasteiger partial charge on any atom is 0.277 e. The number of nitrogens with one attached hydrogen (secondary N) is 2. The summed E-state index contributed by atoms with van der Waals surface area (Å²) in [7, 11) is 1.62. The molecule has 0 saturated heterocycles. The number of ether oxygens (including phenoxy) is 1. The van der Waals surface area contributed by atoms with Crippen LogP contribution in [0.3, 0.4) is 0 Å². The fraction of sp³-hybridized carbons (Fsp3) is 0.0476. The first-order valence-electron chi connectivity index (χ1n) is 9.06. The molecule has 0 aliphatic carbocycles. The second-order valence-electron chi connectivity index (χ2n) is 6.78. The number of benzene rings is 2. The lowest BCUT2D eigenvalue weighted by molar-refractivity contribution is 0.415. The van der Waals surface area contributed by atoms with Crippen molar-refractivity contribution in [2.75, 3.05) is 7.11 Å². The van der Waals surface area contributed by atoms with Gasteiger partial charge < -0.3 is 14.7 Å². The zero-order chi connectivity index (χ0) is 19.5. The molecule has 6 aromatic rings. The molecule has 0 amide bonds. The number of methoxy groups -OCH3 is 1. The molecule has 0 aliphatic rings. The van der Waals surface area contributed by atoms with E-state index in [9.17, 15) is 4.79 Å². The van der Waals surface area contributed by atoms with Crippen molar-refractivity contribution in [3.63, 3.8) is 0 Å². The van der Waals surface area contributed by atoms with Crippen molar-refractivity contribution in [2.45, 2.75) is 0 Å². The molecule has 6 rings (SSSR count). The third-order valence-electron chi connectivity index (χ3n) is 5.06. The number of imidazole rings is 1. The third kappa shape index (κ3) is 2.26. The molecular weight excluding hydrogens is 368 g/mol. The van der Waals surface area contributed by atoms with E-state index in [1.54, 1.807) is 11.6 Å². The summed E-state index contributed by atoms with van der Waals surface area (Å²) in [6.45, 7) is 0. The molecule has 140 valence electrons. The third-order valence-corrected chi connectivity index (χ3v) is 5.06. The van der Waals surface area contributed by atoms with E-state index in [0.717, 1.165) is 27.6 Å². The SMILES string of the molecule is COc1ccc2cc3c(nc2c1)nn1c2nc(-c4ccccc4)[nH]c2c(=O)[nH]c31. The van der Waals surface area contributed by atoms with E-state index < -0.39 is 0 Å². The van der Waals surface area contributed by atoms with Crippen LogP contribution < -0.4 is 10.3 Å². The highest BCUT2D eigenvalue weighted by molar-refractivity contribution is 5.99. The minimum Gasteiger partial charge on any atom is -0.497 e. The van der Waals surface area contributed by atoms with Gasteiger partial charge in [-0.15, -0.1) is 5.10 Å². The topological polar surface area (TPSA) is 101 Å². The highest BCUT2D eigenvalue weighted by Crippen LogP contribution is 2.26. The largest absolute Gasteiger partial charge is 0.497 e. The Kier molecular flexibility index (Phi) is 3.08. The monoisotopic (exact) mass is 382 g/mol. The summed E-state index contributed by atoms with van der Waals surface area (Å²) < 4.78 is 6.92. The minimum atomic E-state index is -0.251. The molecule has 8 nitrogen and oxygen atoms in total. The van der Waals surface area contributed by atoms with Crippen LogP contribution in [0.25, 0.3) is 50.1 Å². The lowest BCUT2D eigenvalue weighted by Crippen LogP contribution is -2.09. The Bertz CT molecular complexity index is 1610. The van der Waals surface area contributed by atoms with Crippen LogP contribution in [0.2, 0.25) is 0 Å². The highest BCUT2D eigenvalue weighted by Gasteiger charge is 2.17. The van der Waals surface area contributed by atoms with Gasteiger partial charge >= 0.3 is 0 Å². The number of fused-ring (bicyclic) bond motifs is 6. The van der Waals surface area contributed by atoms with Crippen molar-refractivity contribution in [1.29, 1.82) is 0 Å². The fourth-order valence-corrected chi connectivity index (χ4v) is 3.62. The number of rotatable bonds is 2. The van der Waals surface area contributed by atoms with Gasteiger partial charge in [-0.05, 0) is 18.2 Å². The predicted molar refractivity (Wildman–Crippen MR) is 110 cm³/mol. The second-order valence-corrected chi connectivity index (χ2v) is 6.78. The average molecular weight is 382 g/mol. The van der Waals surface area contributed by atoms with Crippen molar-refractivity contribution < 1.29 is 4.74 Å². The molecule has 0 atom stereocenters. The van der Waals surface area contributed by atoms with E-state index in [1.165, 1.54) is 0 Å². The van der Waals surface area contributed by atoms with Crippen molar-refractivity contribution in [1.82, 2.24) is 29.5 Å². The standard InChI is InChI=1S/C21H14N6O2/c1-29-13-8-7-12-9-14-18(22-15(12)10-13)26-27-19(14)25-21(28)16-20(27)24-17(23-16)11-5-3-2-4-6-11/h2-10H,1H3,(H,23,24)(H,25,28). The molecule has 0 radical (unpaired) electrons. The van der Waals surface area contributed by atoms with Crippen LogP contribution in [-0.4, -0.2) is 36.7 Å². The van der Waals surface area contributed by atoms with Crippen LogP contribution in [0.5, 0.6) is 5.75 Å². The molecule has 0 unspecified atom stereocenters. The number of hydrogen-bond acceptors (Lipinski definition) is 5. The van der Waals surface area contributed by atoms with Gasteiger partial charge in [0.2, 0.25) is 0 Å². The number of aromatic nitrogens is 6. The molecule has 0 fully saturated rings. The first-order chi connectivity index (χ1) is 14.2. The summed E-state index contributed by atoms with van der Waals surface area (Å²) in [5.41, 5.74) is 3.33. The van der Waals surface area contributed by atoms with Gasteiger partial charge in [0.25, 0.3) is 5.56 Å². The van der Waals surface area contributed by atoms with Gasteiger partial charge in [-0.2, -0.15) is 4.52 Å². The molecule has 2 N–H and O–H groups in total. The second kappa shape index (κ2) is 5.65. The Morgan fingerprint density at radius 1 is 1.00 bits per heavy atom. The van der Waals surface area contributed by atoms with Crippen molar-refractivity contribution in [2.24, 2.45) is 0 Å². The lowest BCUT2D eigenvalue weighted by Gasteiger charge is -2.01.